The summed E-state index contributed by atoms with van der Waals surface area (Å²) in [5, 5.41) is 10.9. The number of H-pyrrole nitrogens is 1. The summed E-state index contributed by atoms with van der Waals surface area (Å²) in [6, 6.07) is 14.6. The highest BCUT2D eigenvalue weighted by atomic mass is 16.5. The van der Waals surface area contributed by atoms with E-state index in [1.54, 1.807) is 12.1 Å². The first kappa shape index (κ1) is 16.9. The van der Waals surface area contributed by atoms with E-state index in [9.17, 15) is 9.59 Å². The summed E-state index contributed by atoms with van der Waals surface area (Å²) in [6.07, 6.45) is 0.869. The summed E-state index contributed by atoms with van der Waals surface area (Å²) >= 11 is 0. The van der Waals surface area contributed by atoms with E-state index < -0.39 is 0 Å². The standard InChI is InChI=1S/C19H19N3O3/c1-2-10-25-12-17(23)20-14-7-5-6-13(11-14)18-15-8-3-4-9-16(15)19(24)22-21-18/h3-9,11H,2,10,12H2,1H3,(H,20,23)(H,22,24). The van der Waals surface area contributed by atoms with Gasteiger partial charge in [0.05, 0.1) is 11.1 Å². The third kappa shape index (κ3) is 3.92. The lowest BCUT2D eigenvalue weighted by atomic mass is 10.0. The van der Waals surface area contributed by atoms with Crippen LogP contribution in [0.2, 0.25) is 0 Å². The Balaban J connectivity index is 1.89. The molecule has 6 heteroatoms. The fourth-order valence-corrected chi connectivity index (χ4v) is 2.59. The fraction of sp³-hybridized carbons (Fsp3) is 0.211. The smallest absolute Gasteiger partial charge is 0.272 e. The number of nitrogens with one attached hydrogen (secondary N) is 2. The van der Waals surface area contributed by atoms with Gasteiger partial charge in [-0.1, -0.05) is 37.3 Å². The first-order valence-electron chi connectivity index (χ1n) is 8.14. The summed E-state index contributed by atoms with van der Waals surface area (Å²) in [6.45, 7) is 2.57. The number of nitrogens with zero attached hydrogens (tertiary/aromatic N) is 1. The Morgan fingerprint density at radius 2 is 1.96 bits per heavy atom. The number of hydrogen-bond acceptors (Lipinski definition) is 4. The lowest BCUT2D eigenvalue weighted by Gasteiger charge is -2.09. The zero-order valence-electron chi connectivity index (χ0n) is 13.9. The zero-order chi connectivity index (χ0) is 17.6. The third-order valence-corrected chi connectivity index (χ3v) is 3.70. The van der Waals surface area contributed by atoms with E-state index in [-0.39, 0.29) is 18.1 Å². The average Bonchev–Trinajstić information content (AvgIpc) is 2.63. The van der Waals surface area contributed by atoms with Gasteiger partial charge in [-0.2, -0.15) is 5.10 Å². The fourth-order valence-electron chi connectivity index (χ4n) is 2.59. The van der Waals surface area contributed by atoms with Crippen molar-refractivity contribution in [1.29, 1.82) is 0 Å². The van der Waals surface area contributed by atoms with Crippen molar-refractivity contribution < 1.29 is 9.53 Å². The van der Waals surface area contributed by atoms with Crippen LogP contribution in [0.5, 0.6) is 0 Å². The van der Waals surface area contributed by atoms with Gasteiger partial charge in [0.2, 0.25) is 5.91 Å². The molecule has 0 atom stereocenters. The number of carbonyl (C=O) groups excluding carboxylic acids is 1. The summed E-state index contributed by atoms with van der Waals surface area (Å²) in [5.74, 6) is -0.204. The van der Waals surface area contributed by atoms with Crippen molar-refractivity contribution in [2.75, 3.05) is 18.5 Å². The van der Waals surface area contributed by atoms with E-state index in [2.05, 4.69) is 15.5 Å². The monoisotopic (exact) mass is 337 g/mol. The Morgan fingerprint density at radius 3 is 2.76 bits per heavy atom. The first-order valence-corrected chi connectivity index (χ1v) is 8.14. The molecule has 25 heavy (non-hydrogen) atoms. The topological polar surface area (TPSA) is 84.1 Å². The SMILES string of the molecule is CCCOCC(=O)Nc1cccc(-c2n[nH]c(=O)c3ccccc23)c1. The second-order valence-corrected chi connectivity index (χ2v) is 5.63. The Kier molecular flexibility index (Phi) is 5.20. The molecule has 128 valence electrons. The van der Waals surface area contributed by atoms with Crippen molar-refractivity contribution in [2.45, 2.75) is 13.3 Å². The van der Waals surface area contributed by atoms with Gasteiger partial charge in [0.15, 0.2) is 0 Å². The Hall–Kier alpha value is -2.99. The van der Waals surface area contributed by atoms with Crippen molar-refractivity contribution in [3.63, 3.8) is 0 Å². The molecule has 3 rings (SSSR count). The molecule has 0 spiro atoms. The first-order chi connectivity index (χ1) is 12.2. The number of fused-ring (bicyclic) bond motifs is 1. The van der Waals surface area contributed by atoms with Gasteiger partial charge in [-0.25, -0.2) is 5.10 Å². The van der Waals surface area contributed by atoms with Crippen molar-refractivity contribution in [3.8, 4) is 11.3 Å². The van der Waals surface area contributed by atoms with E-state index in [0.717, 1.165) is 17.4 Å². The summed E-state index contributed by atoms with van der Waals surface area (Å²) in [4.78, 5) is 23.8. The molecule has 2 N–H and O–H groups in total. The molecule has 1 amide bonds. The number of amides is 1. The number of aromatic amines is 1. The zero-order valence-corrected chi connectivity index (χ0v) is 13.9. The molecule has 1 aromatic heterocycles. The van der Waals surface area contributed by atoms with Crippen LogP contribution < -0.4 is 10.9 Å². The van der Waals surface area contributed by atoms with Crippen molar-refractivity contribution in [2.24, 2.45) is 0 Å². The van der Waals surface area contributed by atoms with Crippen LogP contribution in [0.4, 0.5) is 5.69 Å². The van der Waals surface area contributed by atoms with E-state index >= 15 is 0 Å². The quantitative estimate of drug-likeness (QED) is 0.677. The second kappa shape index (κ2) is 7.72. The molecule has 0 fully saturated rings. The number of carbonyl (C=O) groups is 1. The van der Waals surface area contributed by atoms with Crippen LogP contribution in [0.25, 0.3) is 22.0 Å². The summed E-state index contributed by atoms with van der Waals surface area (Å²) < 4.78 is 5.24. The second-order valence-electron chi connectivity index (χ2n) is 5.63. The molecule has 0 aliphatic rings. The van der Waals surface area contributed by atoms with Gasteiger partial charge in [-0.3, -0.25) is 9.59 Å². The van der Waals surface area contributed by atoms with Crippen LogP contribution in [0.3, 0.4) is 0 Å². The molecule has 2 aromatic carbocycles. The minimum Gasteiger partial charge on any atom is -0.372 e. The van der Waals surface area contributed by atoms with E-state index in [0.29, 0.717) is 23.4 Å². The molecule has 6 nitrogen and oxygen atoms in total. The normalized spacial score (nSPS) is 10.8. The number of anilines is 1. The van der Waals surface area contributed by atoms with Crippen LogP contribution in [-0.4, -0.2) is 29.3 Å². The van der Waals surface area contributed by atoms with Crippen LogP contribution in [-0.2, 0) is 9.53 Å². The summed E-state index contributed by atoms with van der Waals surface area (Å²) in [7, 11) is 0. The Labute approximate surface area is 144 Å². The molecule has 0 unspecified atom stereocenters. The molecule has 0 saturated carbocycles. The number of benzene rings is 2. The van der Waals surface area contributed by atoms with Gasteiger partial charge in [-0.15, -0.1) is 0 Å². The van der Waals surface area contributed by atoms with Crippen molar-refractivity contribution >= 4 is 22.4 Å². The highest BCUT2D eigenvalue weighted by molar-refractivity contribution is 5.96. The van der Waals surface area contributed by atoms with Gasteiger partial charge < -0.3 is 10.1 Å². The van der Waals surface area contributed by atoms with Gasteiger partial charge >= 0.3 is 0 Å². The largest absolute Gasteiger partial charge is 0.372 e. The maximum absolute atomic E-state index is 11.9. The average molecular weight is 337 g/mol. The molecule has 0 radical (unpaired) electrons. The number of hydrogen-bond donors (Lipinski definition) is 2. The summed E-state index contributed by atoms with van der Waals surface area (Å²) in [5.41, 5.74) is 1.89. The molecule has 0 aliphatic heterocycles. The highest BCUT2D eigenvalue weighted by Gasteiger charge is 2.09. The van der Waals surface area contributed by atoms with E-state index in [1.807, 2.05) is 43.3 Å². The van der Waals surface area contributed by atoms with Crippen LogP contribution in [0, 0.1) is 0 Å². The molecule has 1 heterocycles. The predicted molar refractivity (Wildman–Crippen MR) is 97.5 cm³/mol. The minimum atomic E-state index is -0.225. The van der Waals surface area contributed by atoms with Crippen LogP contribution in [0.1, 0.15) is 13.3 Å². The maximum Gasteiger partial charge on any atom is 0.272 e. The minimum absolute atomic E-state index is 0.0257. The molecule has 0 bridgehead atoms. The maximum atomic E-state index is 11.9. The lowest BCUT2D eigenvalue weighted by Crippen LogP contribution is -2.18. The lowest BCUT2D eigenvalue weighted by molar-refractivity contribution is -0.120. The number of aromatic nitrogens is 2. The van der Waals surface area contributed by atoms with Crippen molar-refractivity contribution in [1.82, 2.24) is 10.2 Å². The number of rotatable bonds is 6. The third-order valence-electron chi connectivity index (χ3n) is 3.70. The molecular weight excluding hydrogens is 318 g/mol. The van der Waals surface area contributed by atoms with Gasteiger partial charge in [0.25, 0.3) is 5.56 Å². The van der Waals surface area contributed by atoms with E-state index in [4.69, 9.17) is 4.74 Å². The Morgan fingerprint density at radius 1 is 1.16 bits per heavy atom. The van der Waals surface area contributed by atoms with Crippen LogP contribution >= 0.6 is 0 Å². The van der Waals surface area contributed by atoms with Gasteiger partial charge in [0.1, 0.15) is 6.61 Å². The van der Waals surface area contributed by atoms with Crippen molar-refractivity contribution in [3.05, 3.63) is 58.9 Å². The van der Waals surface area contributed by atoms with Crippen LogP contribution in [0.15, 0.2) is 53.3 Å². The van der Waals surface area contributed by atoms with E-state index in [1.165, 1.54) is 0 Å². The van der Waals surface area contributed by atoms with Gasteiger partial charge in [0, 0.05) is 23.2 Å². The molecule has 3 aromatic rings. The highest BCUT2D eigenvalue weighted by Crippen LogP contribution is 2.26. The van der Waals surface area contributed by atoms with Gasteiger partial charge in [-0.05, 0) is 24.6 Å². The molecule has 0 aliphatic carbocycles. The Bertz CT molecular complexity index is 950. The molecule has 0 saturated heterocycles. The predicted octanol–water partition coefficient (Wildman–Crippen LogP) is 2.96. The number of ether oxygens (including phenoxy) is 1. The molecular formula is C19H19N3O3.